The van der Waals surface area contributed by atoms with Gasteiger partial charge in [-0.3, -0.25) is 14.9 Å². The number of nitro benzene ring substituents is 1. The Kier molecular flexibility index (Phi) is 2.95. The van der Waals surface area contributed by atoms with Crippen molar-refractivity contribution in [2.75, 3.05) is 14.1 Å². The van der Waals surface area contributed by atoms with Crippen molar-refractivity contribution in [3.05, 3.63) is 44.5 Å². The molecule has 3 aromatic rings. The predicted octanol–water partition coefficient (Wildman–Crippen LogP) is 1.37. The van der Waals surface area contributed by atoms with Gasteiger partial charge in [0, 0.05) is 23.0 Å². The van der Waals surface area contributed by atoms with Crippen molar-refractivity contribution in [3.8, 4) is 0 Å². The number of benzene rings is 1. The number of hydrogen-bond acceptors (Lipinski definition) is 5. The van der Waals surface area contributed by atoms with Gasteiger partial charge in [-0.15, -0.1) is 0 Å². The molecule has 3 rings (SSSR count). The second-order valence-electron chi connectivity index (χ2n) is 5.09. The summed E-state index contributed by atoms with van der Waals surface area (Å²) in [6, 6.07) is 4.41. The number of aromatic nitrogens is 3. The van der Waals surface area contributed by atoms with Crippen LogP contribution in [0.4, 0.5) is 5.69 Å². The minimum Gasteiger partial charge on any atom is -0.349 e. The van der Waals surface area contributed by atoms with E-state index in [9.17, 15) is 14.9 Å². The van der Waals surface area contributed by atoms with Crippen LogP contribution in [0.3, 0.4) is 0 Å². The summed E-state index contributed by atoms with van der Waals surface area (Å²) in [5, 5.41) is 11.5. The third-order valence-corrected chi connectivity index (χ3v) is 3.16. The van der Waals surface area contributed by atoms with Crippen LogP contribution in [0.2, 0.25) is 0 Å². The third kappa shape index (κ3) is 2.25. The average Bonchev–Trinajstić information content (AvgIpc) is 2.76. The summed E-state index contributed by atoms with van der Waals surface area (Å²) in [5.74, 6) is 0.518. The van der Waals surface area contributed by atoms with Gasteiger partial charge in [0.1, 0.15) is 16.9 Å². The molecule has 0 aliphatic heterocycles. The number of rotatable bonds is 3. The molecular formula is C13H13N5O3. The second-order valence-corrected chi connectivity index (χ2v) is 5.09. The van der Waals surface area contributed by atoms with Gasteiger partial charge in [0.25, 0.3) is 11.2 Å². The molecule has 0 atom stereocenters. The lowest BCUT2D eigenvalue weighted by atomic mass is 10.2. The van der Waals surface area contributed by atoms with E-state index < -0.39 is 4.92 Å². The predicted molar refractivity (Wildman–Crippen MR) is 78.3 cm³/mol. The molecule has 2 aromatic heterocycles. The first-order valence-electron chi connectivity index (χ1n) is 6.29. The zero-order chi connectivity index (χ0) is 15.1. The number of non-ortho nitro benzene ring substituents is 1. The highest BCUT2D eigenvalue weighted by Crippen LogP contribution is 2.25. The van der Waals surface area contributed by atoms with E-state index in [-0.39, 0.29) is 11.2 Å². The van der Waals surface area contributed by atoms with Crippen molar-refractivity contribution in [1.82, 2.24) is 19.9 Å². The van der Waals surface area contributed by atoms with E-state index in [1.807, 2.05) is 19.0 Å². The lowest BCUT2D eigenvalue weighted by molar-refractivity contribution is -0.384. The minimum absolute atomic E-state index is 0.0281. The quantitative estimate of drug-likeness (QED) is 0.558. The van der Waals surface area contributed by atoms with Gasteiger partial charge < -0.3 is 14.9 Å². The van der Waals surface area contributed by atoms with E-state index in [1.165, 1.54) is 12.1 Å². The number of hydrogen-bond donors (Lipinski definition) is 2. The summed E-state index contributed by atoms with van der Waals surface area (Å²) in [5.41, 5.74) is 1.12. The van der Waals surface area contributed by atoms with Gasteiger partial charge >= 0.3 is 0 Å². The smallest absolute Gasteiger partial charge is 0.275 e. The van der Waals surface area contributed by atoms with Crippen LogP contribution in [0.5, 0.6) is 0 Å². The molecule has 8 nitrogen and oxygen atoms in total. The molecule has 0 spiro atoms. The van der Waals surface area contributed by atoms with Crippen molar-refractivity contribution < 1.29 is 4.92 Å². The highest BCUT2D eigenvalue weighted by molar-refractivity contribution is 6.05. The number of aromatic amines is 2. The molecule has 21 heavy (non-hydrogen) atoms. The highest BCUT2D eigenvalue weighted by Gasteiger charge is 2.14. The normalized spacial score (nSPS) is 11.6. The van der Waals surface area contributed by atoms with E-state index in [4.69, 9.17) is 0 Å². The summed E-state index contributed by atoms with van der Waals surface area (Å²) in [7, 11) is 3.73. The molecule has 1 aromatic carbocycles. The molecule has 0 bridgehead atoms. The lowest BCUT2D eigenvalue weighted by Crippen LogP contribution is -2.18. The fourth-order valence-corrected chi connectivity index (χ4v) is 2.29. The maximum absolute atomic E-state index is 12.1. The molecule has 0 radical (unpaired) electrons. The molecule has 0 fully saturated rings. The summed E-state index contributed by atoms with van der Waals surface area (Å²) >= 11 is 0. The molecule has 0 unspecified atom stereocenters. The van der Waals surface area contributed by atoms with Crippen LogP contribution in [0.15, 0.2) is 23.0 Å². The Morgan fingerprint density at radius 3 is 2.76 bits per heavy atom. The molecule has 0 aliphatic carbocycles. The fourth-order valence-electron chi connectivity index (χ4n) is 2.29. The van der Waals surface area contributed by atoms with Crippen LogP contribution in [0, 0.1) is 10.1 Å². The number of fused-ring (bicyclic) bond motifs is 3. The van der Waals surface area contributed by atoms with Gasteiger partial charge in [-0.25, -0.2) is 4.98 Å². The topological polar surface area (TPSA) is 108 Å². The molecule has 0 saturated heterocycles. The highest BCUT2D eigenvalue weighted by atomic mass is 16.6. The Bertz CT molecular complexity index is 909. The Balaban J connectivity index is 2.32. The molecule has 2 heterocycles. The van der Waals surface area contributed by atoms with Crippen LogP contribution in [-0.2, 0) is 6.54 Å². The summed E-state index contributed by atoms with van der Waals surface area (Å²) < 4.78 is 0. The monoisotopic (exact) mass is 287 g/mol. The van der Waals surface area contributed by atoms with Crippen LogP contribution < -0.4 is 5.56 Å². The van der Waals surface area contributed by atoms with Crippen LogP contribution in [0.25, 0.3) is 21.9 Å². The molecule has 108 valence electrons. The second kappa shape index (κ2) is 4.67. The first kappa shape index (κ1) is 13.3. The average molecular weight is 287 g/mol. The Labute approximate surface area is 118 Å². The number of nitro groups is 1. The maximum Gasteiger partial charge on any atom is 0.275 e. The first-order valence-corrected chi connectivity index (χ1v) is 6.29. The molecule has 0 amide bonds. The van der Waals surface area contributed by atoms with Crippen molar-refractivity contribution in [2.45, 2.75) is 6.54 Å². The molecule has 8 heteroatoms. The third-order valence-electron chi connectivity index (χ3n) is 3.16. The zero-order valence-electron chi connectivity index (χ0n) is 11.5. The Morgan fingerprint density at radius 2 is 2.10 bits per heavy atom. The van der Waals surface area contributed by atoms with Gasteiger partial charge in [-0.1, -0.05) is 0 Å². The van der Waals surface area contributed by atoms with E-state index in [1.54, 1.807) is 6.07 Å². The fraction of sp³-hybridized carbons (Fsp3) is 0.231. The summed E-state index contributed by atoms with van der Waals surface area (Å²) in [6.45, 7) is 0.479. The zero-order valence-corrected chi connectivity index (χ0v) is 11.5. The van der Waals surface area contributed by atoms with E-state index in [0.29, 0.717) is 34.3 Å². The van der Waals surface area contributed by atoms with E-state index in [0.717, 1.165) is 0 Å². The van der Waals surface area contributed by atoms with Crippen molar-refractivity contribution in [3.63, 3.8) is 0 Å². The van der Waals surface area contributed by atoms with Crippen LogP contribution in [0.1, 0.15) is 5.82 Å². The Hall–Kier alpha value is -2.74. The molecule has 2 N–H and O–H groups in total. The number of H-pyrrole nitrogens is 2. The van der Waals surface area contributed by atoms with Gasteiger partial charge in [0.2, 0.25) is 0 Å². The van der Waals surface area contributed by atoms with Gasteiger partial charge in [0.05, 0.1) is 11.5 Å². The first-order chi connectivity index (χ1) is 9.95. The number of nitrogens with one attached hydrogen (secondary N) is 2. The van der Waals surface area contributed by atoms with Gasteiger partial charge in [0.15, 0.2) is 0 Å². The molecule has 0 aliphatic rings. The largest absolute Gasteiger partial charge is 0.349 e. The SMILES string of the molecule is CN(C)Cc1nc2c([nH]c3ccc([N+](=O)[O-])cc32)c(=O)[nH]1. The van der Waals surface area contributed by atoms with Crippen LogP contribution >= 0.6 is 0 Å². The van der Waals surface area contributed by atoms with Crippen molar-refractivity contribution >= 4 is 27.6 Å². The van der Waals surface area contributed by atoms with Crippen LogP contribution in [-0.4, -0.2) is 38.9 Å². The van der Waals surface area contributed by atoms with Crippen molar-refractivity contribution in [1.29, 1.82) is 0 Å². The lowest BCUT2D eigenvalue weighted by Gasteiger charge is -2.07. The summed E-state index contributed by atoms with van der Waals surface area (Å²) in [4.78, 5) is 34.5. The molecule has 0 saturated carbocycles. The maximum atomic E-state index is 12.1. The standard InChI is InChI=1S/C13H13N5O3/c1-17(2)6-10-15-11-8-5-7(18(20)21)3-4-9(8)14-12(11)13(19)16-10/h3-5,14H,6H2,1-2H3,(H,15,16,19). The summed E-state index contributed by atoms with van der Waals surface area (Å²) in [6.07, 6.45) is 0. The Morgan fingerprint density at radius 1 is 1.33 bits per heavy atom. The van der Waals surface area contributed by atoms with E-state index in [2.05, 4.69) is 15.0 Å². The number of nitrogens with zero attached hydrogens (tertiary/aromatic N) is 3. The molecular weight excluding hydrogens is 274 g/mol. The minimum atomic E-state index is -0.466. The van der Waals surface area contributed by atoms with E-state index >= 15 is 0 Å². The van der Waals surface area contributed by atoms with Gasteiger partial charge in [-0.2, -0.15) is 0 Å². The van der Waals surface area contributed by atoms with Gasteiger partial charge in [-0.05, 0) is 20.2 Å². The van der Waals surface area contributed by atoms with Crippen molar-refractivity contribution in [2.24, 2.45) is 0 Å².